The van der Waals surface area contributed by atoms with Gasteiger partial charge in [0.2, 0.25) is 0 Å². The van der Waals surface area contributed by atoms with E-state index in [9.17, 15) is 5.11 Å². The summed E-state index contributed by atoms with van der Waals surface area (Å²) in [4.78, 5) is 9.81. The number of aromatic nitrogens is 2. The minimum Gasteiger partial charge on any atom is -0.386 e. The molecule has 0 saturated heterocycles. The molecule has 2 aromatic heterocycles. The summed E-state index contributed by atoms with van der Waals surface area (Å²) in [6.07, 6.45) is -0.578. The van der Waals surface area contributed by atoms with Gasteiger partial charge in [0, 0.05) is 36.3 Å². The lowest BCUT2D eigenvalue weighted by Crippen LogP contribution is -2.40. The van der Waals surface area contributed by atoms with Crippen molar-refractivity contribution < 1.29 is 5.11 Å². The minimum absolute atomic E-state index is 0. The SMILES string of the molecule is CN=C(NCCn1c(C)nc2ccccc21)NCC(O)c1cc2ccccc2s1.I. The van der Waals surface area contributed by atoms with Crippen LogP contribution in [0.5, 0.6) is 0 Å². The maximum absolute atomic E-state index is 10.5. The van der Waals surface area contributed by atoms with Crippen molar-refractivity contribution in [3.8, 4) is 0 Å². The summed E-state index contributed by atoms with van der Waals surface area (Å²) in [7, 11) is 1.74. The summed E-state index contributed by atoms with van der Waals surface area (Å²) in [5, 5.41) is 18.2. The number of benzene rings is 2. The van der Waals surface area contributed by atoms with Crippen molar-refractivity contribution in [3.63, 3.8) is 0 Å². The monoisotopic (exact) mass is 535 g/mol. The molecule has 6 nitrogen and oxygen atoms in total. The van der Waals surface area contributed by atoms with E-state index in [1.165, 1.54) is 4.70 Å². The number of nitrogens with zero attached hydrogens (tertiary/aromatic N) is 3. The number of nitrogens with one attached hydrogen (secondary N) is 2. The second-order valence-electron chi connectivity index (χ2n) is 6.88. The Balaban J connectivity index is 0.00000256. The fraction of sp³-hybridized carbons (Fsp3) is 0.273. The van der Waals surface area contributed by atoms with Crippen molar-refractivity contribution in [2.24, 2.45) is 4.99 Å². The highest BCUT2D eigenvalue weighted by Crippen LogP contribution is 2.29. The fourth-order valence-electron chi connectivity index (χ4n) is 3.45. The number of thiophene rings is 1. The van der Waals surface area contributed by atoms with E-state index in [1.54, 1.807) is 18.4 Å². The molecule has 0 saturated carbocycles. The van der Waals surface area contributed by atoms with Crippen LogP contribution in [0.15, 0.2) is 59.6 Å². The smallest absolute Gasteiger partial charge is 0.191 e. The second-order valence-corrected chi connectivity index (χ2v) is 8.00. The van der Waals surface area contributed by atoms with Gasteiger partial charge in [-0.25, -0.2) is 4.98 Å². The van der Waals surface area contributed by atoms with Gasteiger partial charge in [-0.1, -0.05) is 30.3 Å². The molecule has 0 radical (unpaired) electrons. The zero-order chi connectivity index (χ0) is 20.2. The van der Waals surface area contributed by atoms with Crippen LogP contribution < -0.4 is 10.6 Å². The molecule has 4 rings (SSSR count). The summed E-state index contributed by atoms with van der Waals surface area (Å²) >= 11 is 1.62. The molecule has 3 N–H and O–H groups in total. The van der Waals surface area contributed by atoms with E-state index in [0.29, 0.717) is 19.0 Å². The first-order valence-corrected chi connectivity index (χ1v) is 10.5. The fourth-order valence-corrected chi connectivity index (χ4v) is 4.50. The number of aliphatic hydroxyl groups excluding tert-OH is 1. The Kier molecular flexibility index (Phi) is 7.68. The molecule has 158 valence electrons. The van der Waals surface area contributed by atoms with E-state index in [2.05, 4.69) is 49.4 Å². The molecule has 0 fully saturated rings. The average molecular weight is 535 g/mol. The molecule has 4 aromatic rings. The minimum atomic E-state index is -0.578. The summed E-state index contributed by atoms with van der Waals surface area (Å²) in [6, 6.07) is 18.4. The van der Waals surface area contributed by atoms with Gasteiger partial charge in [-0.3, -0.25) is 4.99 Å². The van der Waals surface area contributed by atoms with Crippen LogP contribution in [-0.4, -0.2) is 40.8 Å². The van der Waals surface area contributed by atoms with Gasteiger partial charge in [0.25, 0.3) is 0 Å². The molecule has 0 aliphatic rings. The molecule has 0 aliphatic carbocycles. The predicted molar refractivity (Wildman–Crippen MR) is 136 cm³/mol. The van der Waals surface area contributed by atoms with Crippen molar-refractivity contribution in [2.45, 2.75) is 19.6 Å². The zero-order valence-corrected chi connectivity index (χ0v) is 20.1. The molecule has 2 heterocycles. The van der Waals surface area contributed by atoms with E-state index in [1.807, 2.05) is 37.3 Å². The van der Waals surface area contributed by atoms with Crippen LogP contribution in [0.25, 0.3) is 21.1 Å². The molecular weight excluding hydrogens is 509 g/mol. The van der Waals surface area contributed by atoms with Gasteiger partial charge in [0.1, 0.15) is 11.9 Å². The Labute approximate surface area is 197 Å². The van der Waals surface area contributed by atoms with Gasteiger partial charge < -0.3 is 20.3 Å². The van der Waals surface area contributed by atoms with Crippen molar-refractivity contribution in [3.05, 3.63) is 65.3 Å². The van der Waals surface area contributed by atoms with Crippen molar-refractivity contribution in [1.82, 2.24) is 20.2 Å². The molecular formula is C22H26IN5OS. The Morgan fingerprint density at radius 3 is 2.73 bits per heavy atom. The maximum atomic E-state index is 10.5. The average Bonchev–Trinajstić information content (AvgIpc) is 3.31. The number of rotatable bonds is 6. The maximum Gasteiger partial charge on any atom is 0.191 e. The van der Waals surface area contributed by atoms with Crippen molar-refractivity contribution in [1.29, 1.82) is 0 Å². The number of guanidine groups is 1. The van der Waals surface area contributed by atoms with Crippen LogP contribution in [0.1, 0.15) is 16.8 Å². The number of fused-ring (bicyclic) bond motifs is 2. The number of imidazole rings is 1. The van der Waals surface area contributed by atoms with Gasteiger partial charge in [0.05, 0.1) is 11.0 Å². The predicted octanol–water partition coefficient (Wildman–Crippen LogP) is 4.08. The zero-order valence-electron chi connectivity index (χ0n) is 17.0. The van der Waals surface area contributed by atoms with E-state index < -0.39 is 6.10 Å². The summed E-state index contributed by atoms with van der Waals surface area (Å²) in [5.41, 5.74) is 2.15. The highest BCUT2D eigenvalue weighted by atomic mass is 127. The first-order chi connectivity index (χ1) is 14.2. The highest BCUT2D eigenvalue weighted by Gasteiger charge is 2.12. The number of aliphatic hydroxyl groups is 1. The third-order valence-electron chi connectivity index (χ3n) is 4.93. The lowest BCUT2D eigenvalue weighted by Gasteiger charge is -2.15. The van der Waals surface area contributed by atoms with E-state index in [4.69, 9.17) is 0 Å². The van der Waals surface area contributed by atoms with Gasteiger partial charge >= 0.3 is 0 Å². The van der Waals surface area contributed by atoms with Crippen molar-refractivity contribution >= 4 is 62.4 Å². The Morgan fingerprint density at radius 2 is 1.93 bits per heavy atom. The summed E-state index contributed by atoms with van der Waals surface area (Å²) in [6.45, 7) is 3.92. The van der Waals surface area contributed by atoms with Crippen LogP contribution in [-0.2, 0) is 6.54 Å². The lowest BCUT2D eigenvalue weighted by molar-refractivity contribution is 0.184. The topological polar surface area (TPSA) is 74.5 Å². The first kappa shape index (κ1) is 22.5. The highest BCUT2D eigenvalue weighted by molar-refractivity contribution is 14.0. The molecule has 30 heavy (non-hydrogen) atoms. The normalized spacial score (nSPS) is 12.7. The third kappa shape index (κ3) is 4.93. The molecule has 2 aromatic carbocycles. The number of aliphatic imine (C=N–C) groups is 1. The molecule has 0 spiro atoms. The lowest BCUT2D eigenvalue weighted by atomic mass is 10.2. The first-order valence-electron chi connectivity index (χ1n) is 9.68. The molecule has 1 atom stereocenters. The second kappa shape index (κ2) is 10.2. The Morgan fingerprint density at radius 1 is 1.17 bits per heavy atom. The van der Waals surface area contributed by atoms with Gasteiger partial charge in [-0.2, -0.15) is 0 Å². The quantitative estimate of drug-likeness (QED) is 0.198. The van der Waals surface area contributed by atoms with Crippen molar-refractivity contribution in [2.75, 3.05) is 20.1 Å². The molecule has 1 unspecified atom stereocenters. The van der Waals surface area contributed by atoms with E-state index in [-0.39, 0.29) is 24.0 Å². The number of halogens is 1. The van der Waals surface area contributed by atoms with Crippen LogP contribution in [0.4, 0.5) is 0 Å². The number of para-hydroxylation sites is 2. The van der Waals surface area contributed by atoms with E-state index in [0.717, 1.165) is 33.7 Å². The number of hydrogen-bond donors (Lipinski definition) is 3. The Bertz CT molecular complexity index is 1120. The van der Waals surface area contributed by atoms with E-state index >= 15 is 0 Å². The van der Waals surface area contributed by atoms with Crippen LogP contribution in [0.2, 0.25) is 0 Å². The largest absolute Gasteiger partial charge is 0.386 e. The van der Waals surface area contributed by atoms with Gasteiger partial charge in [-0.15, -0.1) is 35.3 Å². The molecule has 0 aliphatic heterocycles. The standard InChI is InChI=1S/C22H25N5OS.HI/c1-15-26-17-8-4-5-9-18(17)27(15)12-11-24-22(23-2)25-14-19(28)21-13-16-7-3-6-10-20(16)29-21;/h3-10,13,19,28H,11-12,14H2,1-2H3,(H2,23,24,25);1H. The number of hydrogen-bond acceptors (Lipinski definition) is 4. The van der Waals surface area contributed by atoms with Gasteiger partial charge in [0.15, 0.2) is 5.96 Å². The molecule has 0 bridgehead atoms. The van der Waals surface area contributed by atoms with Crippen LogP contribution in [0, 0.1) is 6.92 Å². The Hall–Kier alpha value is -2.17. The third-order valence-corrected chi connectivity index (χ3v) is 6.15. The molecule has 0 amide bonds. The summed E-state index contributed by atoms with van der Waals surface area (Å²) in [5.74, 6) is 1.67. The van der Waals surface area contributed by atoms with Gasteiger partial charge in [-0.05, 0) is 36.6 Å². The van der Waals surface area contributed by atoms with Crippen LogP contribution in [0.3, 0.4) is 0 Å². The molecule has 8 heteroatoms. The summed E-state index contributed by atoms with van der Waals surface area (Å²) < 4.78 is 3.38. The number of aryl methyl sites for hydroxylation is 1. The van der Waals surface area contributed by atoms with Crippen LogP contribution >= 0.6 is 35.3 Å².